The van der Waals surface area contributed by atoms with Gasteiger partial charge in [0.25, 0.3) is 0 Å². The van der Waals surface area contributed by atoms with Crippen molar-refractivity contribution in [2.45, 2.75) is 45.6 Å². The molecule has 0 unspecified atom stereocenters. The van der Waals surface area contributed by atoms with E-state index in [1.54, 1.807) is 6.33 Å². The van der Waals surface area contributed by atoms with Gasteiger partial charge in [-0.15, -0.1) is 0 Å². The second-order valence-corrected chi connectivity index (χ2v) is 6.17. The van der Waals surface area contributed by atoms with Crippen LogP contribution in [-0.2, 0) is 0 Å². The molecule has 0 aliphatic heterocycles. The summed E-state index contributed by atoms with van der Waals surface area (Å²) in [6.45, 7) is 5.49. The number of anilines is 2. The van der Waals surface area contributed by atoms with Crippen LogP contribution in [0.15, 0.2) is 10.8 Å². The maximum atomic E-state index is 5.86. The maximum Gasteiger partial charge on any atom is 0.148 e. The van der Waals surface area contributed by atoms with Crippen LogP contribution in [0.2, 0.25) is 0 Å². The molecular formula is C13H21BrN4. The molecule has 0 aromatic carbocycles. The summed E-state index contributed by atoms with van der Waals surface area (Å²) in [4.78, 5) is 10.8. The first kappa shape index (κ1) is 13.6. The van der Waals surface area contributed by atoms with Crippen LogP contribution in [0.5, 0.6) is 0 Å². The summed E-state index contributed by atoms with van der Waals surface area (Å²) >= 11 is 3.53. The fraction of sp³-hybridized carbons (Fsp3) is 0.692. The zero-order valence-electron chi connectivity index (χ0n) is 11.1. The molecule has 1 saturated carbocycles. The Labute approximate surface area is 117 Å². The van der Waals surface area contributed by atoms with E-state index in [4.69, 9.17) is 5.73 Å². The maximum absolute atomic E-state index is 5.86. The van der Waals surface area contributed by atoms with Crippen molar-refractivity contribution in [3.8, 4) is 0 Å². The van der Waals surface area contributed by atoms with Crippen molar-refractivity contribution < 1.29 is 0 Å². The molecule has 1 aromatic rings. The van der Waals surface area contributed by atoms with Gasteiger partial charge in [-0.3, -0.25) is 0 Å². The Kier molecular flexibility index (Phi) is 4.43. The highest BCUT2D eigenvalue weighted by atomic mass is 79.9. The Hall–Kier alpha value is -0.840. The molecule has 1 aliphatic rings. The van der Waals surface area contributed by atoms with Crippen LogP contribution >= 0.6 is 15.9 Å². The van der Waals surface area contributed by atoms with Crippen molar-refractivity contribution in [1.29, 1.82) is 0 Å². The minimum absolute atomic E-state index is 0.520. The van der Waals surface area contributed by atoms with Gasteiger partial charge in [0, 0.05) is 12.6 Å². The summed E-state index contributed by atoms with van der Waals surface area (Å²) in [5.41, 5.74) is 5.86. The van der Waals surface area contributed by atoms with Gasteiger partial charge in [0.2, 0.25) is 0 Å². The molecule has 18 heavy (non-hydrogen) atoms. The lowest BCUT2D eigenvalue weighted by Crippen LogP contribution is -2.37. The van der Waals surface area contributed by atoms with Gasteiger partial charge in [-0.05, 0) is 34.7 Å². The molecule has 0 spiro atoms. The predicted molar refractivity (Wildman–Crippen MR) is 78.6 cm³/mol. The summed E-state index contributed by atoms with van der Waals surface area (Å²) in [6.07, 6.45) is 6.69. The number of halogens is 1. The van der Waals surface area contributed by atoms with Gasteiger partial charge in [0.1, 0.15) is 22.4 Å². The van der Waals surface area contributed by atoms with E-state index >= 15 is 0 Å². The molecule has 1 aliphatic carbocycles. The minimum Gasteiger partial charge on any atom is -0.383 e. The highest BCUT2D eigenvalue weighted by molar-refractivity contribution is 9.10. The normalized spacial score (nSPS) is 16.4. The molecule has 2 N–H and O–H groups in total. The second-order valence-electron chi connectivity index (χ2n) is 5.38. The molecule has 0 atom stereocenters. The highest BCUT2D eigenvalue weighted by Gasteiger charge is 2.26. The van der Waals surface area contributed by atoms with E-state index in [1.807, 2.05) is 0 Å². The summed E-state index contributed by atoms with van der Waals surface area (Å²) in [6, 6.07) is 0.595. The van der Waals surface area contributed by atoms with Gasteiger partial charge in [-0.25, -0.2) is 9.97 Å². The van der Waals surface area contributed by atoms with Gasteiger partial charge in [-0.2, -0.15) is 0 Å². The number of nitrogens with two attached hydrogens (primary N) is 1. The van der Waals surface area contributed by atoms with Gasteiger partial charge < -0.3 is 10.6 Å². The van der Waals surface area contributed by atoms with Crippen molar-refractivity contribution in [2.24, 2.45) is 5.92 Å². The molecule has 100 valence electrons. The first-order valence-electron chi connectivity index (χ1n) is 6.62. The van der Waals surface area contributed by atoms with Crippen LogP contribution < -0.4 is 10.6 Å². The molecule has 1 aromatic heterocycles. The molecule has 0 bridgehead atoms. The van der Waals surface area contributed by atoms with Crippen LogP contribution in [0.25, 0.3) is 0 Å². The lowest BCUT2D eigenvalue weighted by Gasteiger charge is -2.32. The van der Waals surface area contributed by atoms with Crippen molar-refractivity contribution >= 4 is 27.6 Å². The lowest BCUT2D eigenvalue weighted by molar-refractivity contribution is 0.530. The average Bonchev–Trinajstić information content (AvgIpc) is 2.83. The number of hydrogen-bond donors (Lipinski definition) is 1. The monoisotopic (exact) mass is 312 g/mol. The number of aromatic nitrogens is 2. The first-order chi connectivity index (χ1) is 8.59. The quantitative estimate of drug-likeness (QED) is 0.927. The average molecular weight is 313 g/mol. The third-order valence-corrected chi connectivity index (χ3v) is 4.16. The molecule has 4 nitrogen and oxygen atoms in total. The molecular weight excluding hydrogens is 292 g/mol. The van der Waals surface area contributed by atoms with E-state index in [0.717, 1.165) is 16.8 Å². The fourth-order valence-corrected chi connectivity index (χ4v) is 3.02. The third-order valence-electron chi connectivity index (χ3n) is 3.40. The molecule has 0 amide bonds. The van der Waals surface area contributed by atoms with Gasteiger partial charge >= 0.3 is 0 Å². The van der Waals surface area contributed by atoms with Crippen LogP contribution in [0, 0.1) is 5.92 Å². The summed E-state index contributed by atoms with van der Waals surface area (Å²) in [5.74, 6) is 2.07. The molecule has 2 rings (SSSR count). The van der Waals surface area contributed by atoms with Crippen LogP contribution in [0.3, 0.4) is 0 Å². The van der Waals surface area contributed by atoms with Crippen LogP contribution in [0.4, 0.5) is 11.6 Å². The van der Waals surface area contributed by atoms with Crippen molar-refractivity contribution in [3.05, 3.63) is 10.8 Å². The Morgan fingerprint density at radius 3 is 2.67 bits per heavy atom. The van der Waals surface area contributed by atoms with Gasteiger partial charge in [0.05, 0.1) is 0 Å². The highest BCUT2D eigenvalue weighted by Crippen LogP contribution is 2.33. The smallest absolute Gasteiger partial charge is 0.148 e. The standard InChI is InChI=1S/C13H21BrN4/c1-9(2)7-18(10-5-3-4-6-10)13-11(14)12(15)16-8-17-13/h8-10H,3-7H2,1-2H3,(H2,15,16,17). The minimum atomic E-state index is 0.520. The predicted octanol–water partition coefficient (Wildman–Crippen LogP) is 3.23. The largest absolute Gasteiger partial charge is 0.383 e. The van der Waals surface area contributed by atoms with E-state index < -0.39 is 0 Å². The summed E-state index contributed by atoms with van der Waals surface area (Å²) in [5, 5.41) is 0. The van der Waals surface area contributed by atoms with E-state index in [9.17, 15) is 0 Å². The van der Waals surface area contributed by atoms with E-state index in [2.05, 4.69) is 44.6 Å². The first-order valence-corrected chi connectivity index (χ1v) is 7.41. The van der Waals surface area contributed by atoms with E-state index in [0.29, 0.717) is 17.8 Å². The number of hydrogen-bond acceptors (Lipinski definition) is 4. The Bertz CT molecular complexity index is 402. The van der Waals surface area contributed by atoms with Gasteiger partial charge in [0.15, 0.2) is 0 Å². The Balaban J connectivity index is 2.29. The molecule has 0 saturated heterocycles. The van der Waals surface area contributed by atoms with E-state index in [-0.39, 0.29) is 0 Å². The molecule has 1 heterocycles. The lowest BCUT2D eigenvalue weighted by atomic mass is 10.1. The van der Waals surface area contributed by atoms with Crippen molar-refractivity contribution in [1.82, 2.24) is 9.97 Å². The zero-order chi connectivity index (χ0) is 13.1. The topological polar surface area (TPSA) is 55.0 Å². The molecule has 5 heteroatoms. The molecule has 0 radical (unpaired) electrons. The second kappa shape index (κ2) is 5.87. The Morgan fingerprint density at radius 2 is 2.06 bits per heavy atom. The van der Waals surface area contributed by atoms with Crippen molar-refractivity contribution in [3.63, 3.8) is 0 Å². The van der Waals surface area contributed by atoms with Crippen molar-refractivity contribution in [2.75, 3.05) is 17.2 Å². The summed E-state index contributed by atoms with van der Waals surface area (Å²) < 4.78 is 0.831. The zero-order valence-corrected chi connectivity index (χ0v) is 12.7. The van der Waals surface area contributed by atoms with E-state index in [1.165, 1.54) is 25.7 Å². The third kappa shape index (κ3) is 2.94. The Morgan fingerprint density at radius 1 is 1.39 bits per heavy atom. The van der Waals surface area contributed by atoms with Crippen LogP contribution in [-0.4, -0.2) is 22.6 Å². The van der Waals surface area contributed by atoms with Crippen LogP contribution in [0.1, 0.15) is 39.5 Å². The SMILES string of the molecule is CC(C)CN(c1ncnc(N)c1Br)C1CCCC1. The number of nitrogen functional groups attached to an aromatic ring is 1. The number of nitrogens with zero attached hydrogens (tertiary/aromatic N) is 3. The van der Waals surface area contributed by atoms with Gasteiger partial charge in [-0.1, -0.05) is 26.7 Å². The number of rotatable bonds is 4. The fourth-order valence-electron chi connectivity index (χ4n) is 2.59. The molecule has 1 fully saturated rings. The summed E-state index contributed by atoms with van der Waals surface area (Å²) in [7, 11) is 0.